The monoisotopic (exact) mass is 229 g/mol. The fourth-order valence-electron chi connectivity index (χ4n) is 2.55. The van der Waals surface area contributed by atoms with Crippen molar-refractivity contribution in [1.82, 2.24) is 15.1 Å². The topological polar surface area (TPSA) is 27.7 Å². The number of hydrogen-bond acceptors (Lipinski definition) is 4. The molecule has 0 aliphatic carbocycles. The highest BCUT2D eigenvalue weighted by Crippen LogP contribution is 2.12. The molecule has 1 rings (SSSR count). The molecule has 0 aromatic carbocycles. The van der Waals surface area contributed by atoms with E-state index in [0.717, 1.165) is 32.8 Å². The van der Waals surface area contributed by atoms with Gasteiger partial charge >= 0.3 is 0 Å². The molecule has 1 heterocycles. The van der Waals surface area contributed by atoms with Gasteiger partial charge in [0.15, 0.2) is 0 Å². The fraction of sp³-hybridized carbons (Fsp3) is 1.00. The molecule has 2 atom stereocenters. The molecule has 0 aromatic rings. The third-order valence-electron chi connectivity index (χ3n) is 3.52. The predicted octanol–water partition coefficient (Wildman–Crippen LogP) is 0.247. The van der Waals surface area contributed by atoms with Crippen molar-refractivity contribution in [2.45, 2.75) is 25.9 Å². The number of hydrogen-bond donors (Lipinski definition) is 1. The van der Waals surface area contributed by atoms with Crippen LogP contribution in [0.2, 0.25) is 0 Å². The SMILES string of the molecule is CCN1CCN(C(CNC)COC)CC1C. The Balaban J connectivity index is 2.46. The van der Waals surface area contributed by atoms with E-state index >= 15 is 0 Å². The Kier molecular flexibility index (Phi) is 6.28. The molecule has 1 saturated heterocycles. The molecule has 0 saturated carbocycles. The second-order valence-electron chi connectivity index (χ2n) is 4.64. The molecular weight excluding hydrogens is 202 g/mol. The Morgan fingerprint density at radius 2 is 2.19 bits per heavy atom. The van der Waals surface area contributed by atoms with Crippen LogP contribution in [0.1, 0.15) is 13.8 Å². The van der Waals surface area contributed by atoms with Gasteiger partial charge in [0, 0.05) is 45.4 Å². The van der Waals surface area contributed by atoms with Crippen molar-refractivity contribution in [3.05, 3.63) is 0 Å². The number of piperazine rings is 1. The number of likely N-dealkylation sites (N-methyl/N-ethyl adjacent to an activating group) is 2. The van der Waals surface area contributed by atoms with Gasteiger partial charge in [0.05, 0.1) is 6.61 Å². The molecule has 0 bridgehead atoms. The van der Waals surface area contributed by atoms with Crippen LogP contribution in [0.25, 0.3) is 0 Å². The average molecular weight is 229 g/mol. The van der Waals surface area contributed by atoms with E-state index in [2.05, 4.69) is 29.0 Å². The number of nitrogens with zero attached hydrogens (tertiary/aromatic N) is 2. The first-order chi connectivity index (χ1) is 7.72. The first kappa shape index (κ1) is 13.9. The predicted molar refractivity (Wildman–Crippen MR) is 67.9 cm³/mol. The Bertz CT molecular complexity index is 183. The summed E-state index contributed by atoms with van der Waals surface area (Å²) in [5.74, 6) is 0. The molecule has 1 aliphatic rings. The molecule has 0 spiro atoms. The smallest absolute Gasteiger partial charge is 0.0630 e. The van der Waals surface area contributed by atoms with Gasteiger partial charge in [0.2, 0.25) is 0 Å². The Morgan fingerprint density at radius 1 is 1.44 bits per heavy atom. The van der Waals surface area contributed by atoms with E-state index in [1.807, 2.05) is 7.05 Å². The van der Waals surface area contributed by atoms with E-state index in [-0.39, 0.29) is 0 Å². The summed E-state index contributed by atoms with van der Waals surface area (Å²) in [5.41, 5.74) is 0. The van der Waals surface area contributed by atoms with Crippen LogP contribution in [0.3, 0.4) is 0 Å². The maximum Gasteiger partial charge on any atom is 0.0630 e. The summed E-state index contributed by atoms with van der Waals surface area (Å²) in [6.07, 6.45) is 0. The van der Waals surface area contributed by atoms with Gasteiger partial charge in [-0.25, -0.2) is 0 Å². The maximum atomic E-state index is 5.30. The van der Waals surface area contributed by atoms with Gasteiger partial charge in [-0.1, -0.05) is 6.92 Å². The van der Waals surface area contributed by atoms with Crippen LogP contribution >= 0.6 is 0 Å². The summed E-state index contributed by atoms with van der Waals surface area (Å²) in [7, 11) is 3.79. The van der Waals surface area contributed by atoms with Crippen LogP contribution in [0.5, 0.6) is 0 Å². The highest BCUT2D eigenvalue weighted by molar-refractivity contribution is 4.83. The molecular formula is C12H27N3O. The third-order valence-corrected chi connectivity index (χ3v) is 3.52. The fourth-order valence-corrected chi connectivity index (χ4v) is 2.55. The Hall–Kier alpha value is -0.160. The first-order valence-corrected chi connectivity index (χ1v) is 6.34. The molecule has 4 heteroatoms. The lowest BCUT2D eigenvalue weighted by molar-refractivity contribution is 0.0273. The summed E-state index contributed by atoms with van der Waals surface area (Å²) < 4.78 is 5.30. The van der Waals surface area contributed by atoms with Gasteiger partial charge in [-0.15, -0.1) is 0 Å². The van der Waals surface area contributed by atoms with Crippen LogP contribution in [-0.4, -0.2) is 75.4 Å². The van der Waals surface area contributed by atoms with E-state index in [1.165, 1.54) is 6.54 Å². The van der Waals surface area contributed by atoms with Crippen molar-refractivity contribution in [2.24, 2.45) is 0 Å². The van der Waals surface area contributed by atoms with Crippen molar-refractivity contribution in [3.8, 4) is 0 Å². The van der Waals surface area contributed by atoms with Crippen LogP contribution in [-0.2, 0) is 4.74 Å². The summed E-state index contributed by atoms with van der Waals surface area (Å²) in [6, 6.07) is 1.17. The molecule has 2 unspecified atom stereocenters. The zero-order valence-corrected chi connectivity index (χ0v) is 11.2. The number of ether oxygens (including phenoxy) is 1. The Morgan fingerprint density at radius 3 is 2.69 bits per heavy atom. The lowest BCUT2D eigenvalue weighted by Gasteiger charge is -2.42. The van der Waals surface area contributed by atoms with Crippen LogP contribution in [0.15, 0.2) is 0 Å². The van der Waals surface area contributed by atoms with E-state index in [0.29, 0.717) is 12.1 Å². The largest absolute Gasteiger partial charge is 0.383 e. The molecule has 0 amide bonds. The molecule has 16 heavy (non-hydrogen) atoms. The van der Waals surface area contributed by atoms with Gasteiger partial charge in [-0.2, -0.15) is 0 Å². The quantitative estimate of drug-likeness (QED) is 0.706. The number of methoxy groups -OCH3 is 1. The van der Waals surface area contributed by atoms with Crippen LogP contribution < -0.4 is 5.32 Å². The zero-order valence-electron chi connectivity index (χ0n) is 11.2. The van der Waals surface area contributed by atoms with Gasteiger partial charge < -0.3 is 10.1 Å². The molecule has 1 N–H and O–H groups in total. The highest BCUT2D eigenvalue weighted by Gasteiger charge is 2.26. The van der Waals surface area contributed by atoms with Crippen molar-refractivity contribution in [1.29, 1.82) is 0 Å². The van der Waals surface area contributed by atoms with E-state index < -0.39 is 0 Å². The second kappa shape index (κ2) is 7.22. The standard InChI is InChI=1S/C12H27N3O/c1-5-14-6-7-15(9-11(14)2)12(8-13-3)10-16-4/h11-13H,5-10H2,1-4H3. The van der Waals surface area contributed by atoms with Gasteiger partial charge in [-0.3, -0.25) is 9.80 Å². The minimum Gasteiger partial charge on any atom is -0.383 e. The molecule has 1 fully saturated rings. The minimum absolute atomic E-state index is 0.511. The zero-order chi connectivity index (χ0) is 12.0. The van der Waals surface area contributed by atoms with Crippen molar-refractivity contribution >= 4 is 0 Å². The minimum atomic E-state index is 0.511. The molecule has 0 aromatic heterocycles. The number of nitrogens with one attached hydrogen (secondary N) is 1. The van der Waals surface area contributed by atoms with E-state index in [1.54, 1.807) is 7.11 Å². The van der Waals surface area contributed by atoms with E-state index in [4.69, 9.17) is 4.74 Å². The van der Waals surface area contributed by atoms with Gasteiger partial charge in [0.25, 0.3) is 0 Å². The second-order valence-corrected chi connectivity index (χ2v) is 4.64. The lowest BCUT2D eigenvalue weighted by Crippen LogP contribution is -2.57. The maximum absolute atomic E-state index is 5.30. The van der Waals surface area contributed by atoms with Crippen LogP contribution in [0.4, 0.5) is 0 Å². The number of rotatable bonds is 6. The molecule has 0 radical (unpaired) electrons. The highest BCUT2D eigenvalue weighted by atomic mass is 16.5. The van der Waals surface area contributed by atoms with Crippen LogP contribution in [0, 0.1) is 0 Å². The van der Waals surface area contributed by atoms with Crippen molar-refractivity contribution in [2.75, 3.05) is 53.5 Å². The van der Waals surface area contributed by atoms with Crippen molar-refractivity contribution in [3.63, 3.8) is 0 Å². The van der Waals surface area contributed by atoms with Gasteiger partial charge in [0.1, 0.15) is 0 Å². The normalized spacial score (nSPS) is 25.9. The van der Waals surface area contributed by atoms with E-state index in [9.17, 15) is 0 Å². The Labute approximate surface area is 99.9 Å². The lowest BCUT2D eigenvalue weighted by atomic mass is 10.1. The summed E-state index contributed by atoms with van der Waals surface area (Å²) in [6.45, 7) is 11.0. The van der Waals surface area contributed by atoms with Crippen molar-refractivity contribution < 1.29 is 4.74 Å². The summed E-state index contributed by atoms with van der Waals surface area (Å²) in [5, 5.41) is 3.25. The third kappa shape index (κ3) is 3.70. The van der Waals surface area contributed by atoms with Gasteiger partial charge in [-0.05, 0) is 20.5 Å². The molecule has 96 valence electrons. The summed E-state index contributed by atoms with van der Waals surface area (Å²) in [4.78, 5) is 5.09. The molecule has 4 nitrogen and oxygen atoms in total. The average Bonchev–Trinajstić information content (AvgIpc) is 2.28. The summed E-state index contributed by atoms with van der Waals surface area (Å²) >= 11 is 0. The first-order valence-electron chi connectivity index (χ1n) is 6.34. The molecule has 1 aliphatic heterocycles.